The van der Waals surface area contributed by atoms with Gasteiger partial charge in [0.1, 0.15) is 11.5 Å². The van der Waals surface area contributed by atoms with Gasteiger partial charge in [0.25, 0.3) is 0 Å². The molecule has 0 atom stereocenters. The first-order valence-corrected chi connectivity index (χ1v) is 6.03. The highest BCUT2D eigenvalue weighted by molar-refractivity contribution is 5.70. The third-order valence-electron chi connectivity index (χ3n) is 2.57. The molecule has 0 fully saturated rings. The fourth-order valence-corrected chi connectivity index (χ4v) is 1.60. The Hall–Kier alpha value is -2.49. The molecule has 98 valence electrons. The monoisotopic (exact) mass is 257 g/mol. The van der Waals surface area contributed by atoms with Gasteiger partial charge in [0.05, 0.1) is 0 Å². The molecule has 0 unspecified atom stereocenters. The normalized spacial score (nSPS) is 9.89. The number of carbonyl (C=O) groups excluding carboxylic acids is 1. The van der Waals surface area contributed by atoms with Crippen LogP contribution in [-0.2, 0) is 6.42 Å². The maximum atomic E-state index is 11.5. The molecule has 2 aromatic rings. The van der Waals surface area contributed by atoms with Gasteiger partial charge in [-0.3, -0.25) is 0 Å². The molecule has 0 spiro atoms. The second kappa shape index (κ2) is 6.44. The van der Waals surface area contributed by atoms with Crippen LogP contribution in [0.15, 0.2) is 54.6 Å². The second-order valence-electron chi connectivity index (χ2n) is 4.05. The number of aromatic hydroxyl groups is 1. The average Bonchev–Trinajstić information content (AvgIpc) is 2.42. The minimum Gasteiger partial charge on any atom is -0.508 e. The van der Waals surface area contributed by atoms with Crippen LogP contribution in [0, 0.1) is 0 Å². The first-order valence-electron chi connectivity index (χ1n) is 6.03. The summed E-state index contributed by atoms with van der Waals surface area (Å²) in [5.41, 5.74) is 1.04. The molecule has 2 aromatic carbocycles. The number of rotatable bonds is 4. The molecular formula is C15H15NO3. The van der Waals surface area contributed by atoms with Gasteiger partial charge in [-0.05, 0) is 36.2 Å². The maximum absolute atomic E-state index is 11.5. The summed E-state index contributed by atoms with van der Waals surface area (Å²) >= 11 is 0. The summed E-state index contributed by atoms with van der Waals surface area (Å²) in [5.74, 6) is 0.754. The van der Waals surface area contributed by atoms with Crippen LogP contribution in [0.25, 0.3) is 0 Å². The molecule has 1 amide bonds. The number of benzene rings is 2. The van der Waals surface area contributed by atoms with E-state index in [2.05, 4.69) is 5.32 Å². The smallest absolute Gasteiger partial charge is 0.412 e. The Kier molecular flexibility index (Phi) is 4.39. The number of phenols is 1. The summed E-state index contributed by atoms with van der Waals surface area (Å²) in [6.45, 7) is 0.483. The summed E-state index contributed by atoms with van der Waals surface area (Å²) in [6, 6.07) is 15.8. The summed E-state index contributed by atoms with van der Waals surface area (Å²) in [7, 11) is 0. The van der Waals surface area contributed by atoms with E-state index >= 15 is 0 Å². The van der Waals surface area contributed by atoms with Crippen LogP contribution in [0.4, 0.5) is 4.79 Å². The van der Waals surface area contributed by atoms with Crippen LogP contribution in [0.1, 0.15) is 5.56 Å². The lowest BCUT2D eigenvalue weighted by molar-refractivity contribution is 0.200. The van der Waals surface area contributed by atoms with E-state index in [1.165, 1.54) is 0 Å². The second-order valence-corrected chi connectivity index (χ2v) is 4.05. The van der Waals surface area contributed by atoms with Gasteiger partial charge in [0, 0.05) is 6.54 Å². The predicted octanol–water partition coefficient (Wildman–Crippen LogP) is 2.72. The van der Waals surface area contributed by atoms with Crippen molar-refractivity contribution in [3.05, 3.63) is 60.2 Å². The quantitative estimate of drug-likeness (QED) is 0.885. The minimum absolute atomic E-state index is 0.236. The van der Waals surface area contributed by atoms with E-state index in [4.69, 9.17) is 9.84 Å². The molecule has 0 saturated carbocycles. The summed E-state index contributed by atoms with van der Waals surface area (Å²) in [4.78, 5) is 11.5. The Morgan fingerprint density at radius 3 is 2.42 bits per heavy atom. The van der Waals surface area contributed by atoms with E-state index in [9.17, 15) is 4.79 Å². The highest BCUT2D eigenvalue weighted by Crippen LogP contribution is 2.10. The molecule has 0 aliphatic rings. The minimum atomic E-state index is -0.468. The van der Waals surface area contributed by atoms with E-state index in [1.54, 1.807) is 36.4 Å². The summed E-state index contributed by atoms with van der Waals surface area (Å²) < 4.78 is 5.08. The molecular weight excluding hydrogens is 242 g/mol. The molecule has 0 aliphatic carbocycles. The predicted molar refractivity (Wildman–Crippen MR) is 72.3 cm³/mol. The summed E-state index contributed by atoms with van der Waals surface area (Å²) in [5, 5.41) is 11.8. The van der Waals surface area contributed by atoms with Crippen molar-refractivity contribution in [1.29, 1.82) is 0 Å². The van der Waals surface area contributed by atoms with Crippen LogP contribution in [0.3, 0.4) is 0 Å². The molecule has 19 heavy (non-hydrogen) atoms. The maximum Gasteiger partial charge on any atom is 0.412 e. The van der Waals surface area contributed by atoms with Crippen LogP contribution < -0.4 is 10.1 Å². The van der Waals surface area contributed by atoms with Gasteiger partial charge in [-0.1, -0.05) is 30.3 Å². The van der Waals surface area contributed by atoms with Crippen molar-refractivity contribution in [3.63, 3.8) is 0 Å². The lowest BCUT2D eigenvalue weighted by atomic mass is 10.1. The van der Waals surface area contributed by atoms with Crippen molar-refractivity contribution in [3.8, 4) is 11.5 Å². The molecule has 2 rings (SSSR count). The largest absolute Gasteiger partial charge is 0.508 e. The van der Waals surface area contributed by atoms with Crippen LogP contribution in [0.5, 0.6) is 11.5 Å². The summed E-state index contributed by atoms with van der Waals surface area (Å²) in [6.07, 6.45) is 0.217. The molecule has 4 nitrogen and oxygen atoms in total. The molecule has 2 N–H and O–H groups in total. The van der Waals surface area contributed by atoms with Gasteiger partial charge in [-0.25, -0.2) is 4.79 Å². The van der Waals surface area contributed by atoms with Crippen molar-refractivity contribution in [2.45, 2.75) is 6.42 Å². The van der Waals surface area contributed by atoms with Crippen molar-refractivity contribution in [2.75, 3.05) is 6.54 Å². The third-order valence-corrected chi connectivity index (χ3v) is 2.57. The number of ether oxygens (including phenoxy) is 1. The number of para-hydroxylation sites is 1. The van der Waals surface area contributed by atoms with Crippen LogP contribution in [0.2, 0.25) is 0 Å². The number of hydrogen-bond donors (Lipinski definition) is 2. The number of carbonyl (C=O) groups is 1. The number of phenolic OH excluding ortho intramolecular Hbond substituents is 1. The van der Waals surface area contributed by atoms with Gasteiger partial charge < -0.3 is 15.2 Å². The van der Waals surface area contributed by atoms with Crippen molar-refractivity contribution < 1.29 is 14.6 Å². The van der Waals surface area contributed by atoms with E-state index in [0.29, 0.717) is 18.7 Å². The highest BCUT2D eigenvalue weighted by atomic mass is 16.5. The fourth-order valence-electron chi connectivity index (χ4n) is 1.60. The zero-order valence-corrected chi connectivity index (χ0v) is 10.4. The van der Waals surface area contributed by atoms with E-state index in [1.807, 2.05) is 18.2 Å². The Labute approximate surface area is 111 Å². The molecule has 0 aromatic heterocycles. The van der Waals surface area contributed by atoms with Gasteiger partial charge in [-0.15, -0.1) is 0 Å². The van der Waals surface area contributed by atoms with Crippen LogP contribution >= 0.6 is 0 Å². The Balaban J connectivity index is 1.74. The number of hydrogen-bond acceptors (Lipinski definition) is 3. The SMILES string of the molecule is O=C(NCCc1ccc(O)cc1)Oc1ccccc1. The van der Waals surface area contributed by atoms with Gasteiger partial charge in [0.15, 0.2) is 0 Å². The Morgan fingerprint density at radius 2 is 1.74 bits per heavy atom. The first-order chi connectivity index (χ1) is 9.24. The Bertz CT molecular complexity index is 523. The van der Waals surface area contributed by atoms with Gasteiger partial charge >= 0.3 is 6.09 Å². The number of amides is 1. The standard InChI is InChI=1S/C15H15NO3/c17-13-8-6-12(7-9-13)10-11-16-15(18)19-14-4-2-1-3-5-14/h1-9,17H,10-11H2,(H,16,18). The zero-order valence-electron chi connectivity index (χ0n) is 10.4. The van der Waals surface area contributed by atoms with Crippen molar-refractivity contribution >= 4 is 6.09 Å². The van der Waals surface area contributed by atoms with E-state index in [-0.39, 0.29) is 5.75 Å². The van der Waals surface area contributed by atoms with Gasteiger partial charge in [0.2, 0.25) is 0 Å². The molecule has 0 bridgehead atoms. The first kappa shape index (κ1) is 13.0. The van der Waals surface area contributed by atoms with Crippen molar-refractivity contribution in [2.24, 2.45) is 0 Å². The van der Waals surface area contributed by atoms with Crippen molar-refractivity contribution in [1.82, 2.24) is 5.32 Å². The number of nitrogens with one attached hydrogen (secondary N) is 1. The van der Waals surface area contributed by atoms with E-state index in [0.717, 1.165) is 5.56 Å². The molecule has 0 saturated heterocycles. The van der Waals surface area contributed by atoms with Crippen LogP contribution in [-0.4, -0.2) is 17.7 Å². The Morgan fingerprint density at radius 1 is 1.05 bits per heavy atom. The highest BCUT2D eigenvalue weighted by Gasteiger charge is 2.02. The fraction of sp³-hybridized carbons (Fsp3) is 0.133. The molecule has 4 heteroatoms. The third kappa shape index (κ3) is 4.35. The lowest BCUT2D eigenvalue weighted by Crippen LogP contribution is -2.28. The van der Waals surface area contributed by atoms with Gasteiger partial charge in [-0.2, -0.15) is 0 Å². The average molecular weight is 257 g/mol. The zero-order chi connectivity index (χ0) is 13.5. The molecule has 0 heterocycles. The topological polar surface area (TPSA) is 58.6 Å². The molecule has 0 aliphatic heterocycles. The lowest BCUT2D eigenvalue weighted by Gasteiger charge is -2.06. The molecule has 0 radical (unpaired) electrons. The van der Waals surface area contributed by atoms with E-state index < -0.39 is 6.09 Å².